The van der Waals surface area contributed by atoms with Crippen molar-refractivity contribution in [2.24, 2.45) is 0 Å². The minimum atomic E-state index is -0.688. The van der Waals surface area contributed by atoms with E-state index in [-0.39, 0.29) is 18.5 Å². The SMILES string of the molecule is C[C@H]1CN(c2ccc(OCC(O)CN3CCNCC3)c(F)c2)C(=O)O1. The van der Waals surface area contributed by atoms with E-state index in [0.29, 0.717) is 18.8 Å². The number of benzene rings is 1. The van der Waals surface area contributed by atoms with Crippen LogP contribution in [0.15, 0.2) is 18.2 Å². The molecule has 1 unspecified atom stereocenters. The van der Waals surface area contributed by atoms with Gasteiger partial charge in [-0.25, -0.2) is 9.18 Å². The molecule has 0 bridgehead atoms. The third kappa shape index (κ3) is 4.59. The number of nitrogens with zero attached hydrogens (tertiary/aromatic N) is 2. The van der Waals surface area contributed by atoms with E-state index in [2.05, 4.69) is 10.2 Å². The first kappa shape index (κ1) is 17.9. The number of cyclic esters (lactones) is 1. The number of aliphatic hydroxyl groups excluding tert-OH is 1. The first-order valence-electron chi connectivity index (χ1n) is 8.54. The first-order valence-corrected chi connectivity index (χ1v) is 8.54. The largest absolute Gasteiger partial charge is 0.488 e. The topological polar surface area (TPSA) is 74.3 Å². The lowest BCUT2D eigenvalue weighted by Crippen LogP contribution is -2.47. The monoisotopic (exact) mass is 353 g/mol. The molecule has 1 aromatic carbocycles. The summed E-state index contributed by atoms with van der Waals surface area (Å²) in [4.78, 5) is 15.2. The van der Waals surface area contributed by atoms with Crippen molar-refractivity contribution in [1.29, 1.82) is 0 Å². The van der Waals surface area contributed by atoms with E-state index in [1.807, 2.05) is 0 Å². The predicted molar refractivity (Wildman–Crippen MR) is 90.5 cm³/mol. The van der Waals surface area contributed by atoms with Gasteiger partial charge in [0.1, 0.15) is 18.8 Å². The molecule has 2 heterocycles. The van der Waals surface area contributed by atoms with Crippen LogP contribution in [0.3, 0.4) is 0 Å². The highest BCUT2D eigenvalue weighted by Crippen LogP contribution is 2.27. The second-order valence-corrected chi connectivity index (χ2v) is 6.44. The summed E-state index contributed by atoms with van der Waals surface area (Å²) in [5.74, 6) is -0.511. The number of aliphatic hydroxyl groups is 1. The van der Waals surface area contributed by atoms with Gasteiger partial charge in [0.2, 0.25) is 0 Å². The van der Waals surface area contributed by atoms with Crippen molar-refractivity contribution in [3.63, 3.8) is 0 Å². The van der Waals surface area contributed by atoms with Gasteiger partial charge in [-0.3, -0.25) is 9.80 Å². The molecule has 3 rings (SSSR count). The third-order valence-corrected chi connectivity index (χ3v) is 4.30. The fourth-order valence-corrected chi connectivity index (χ4v) is 3.02. The number of amides is 1. The number of carbonyl (C=O) groups excluding carboxylic acids is 1. The summed E-state index contributed by atoms with van der Waals surface area (Å²) in [5.41, 5.74) is 0.431. The summed E-state index contributed by atoms with van der Waals surface area (Å²) in [7, 11) is 0. The minimum Gasteiger partial charge on any atom is -0.488 e. The number of nitrogens with one attached hydrogen (secondary N) is 1. The second kappa shape index (κ2) is 7.99. The Kier molecular flexibility index (Phi) is 5.72. The Labute approximate surface area is 146 Å². The van der Waals surface area contributed by atoms with E-state index in [1.165, 1.54) is 17.0 Å². The molecule has 2 saturated heterocycles. The summed E-state index contributed by atoms with van der Waals surface area (Å²) < 4.78 is 24.7. The van der Waals surface area contributed by atoms with Crippen molar-refractivity contribution in [3.8, 4) is 5.75 Å². The van der Waals surface area contributed by atoms with Gasteiger partial charge in [-0.05, 0) is 19.1 Å². The second-order valence-electron chi connectivity index (χ2n) is 6.44. The van der Waals surface area contributed by atoms with E-state index in [0.717, 1.165) is 26.2 Å². The summed E-state index contributed by atoms with van der Waals surface area (Å²) in [6.45, 7) is 6.26. The van der Waals surface area contributed by atoms with E-state index in [4.69, 9.17) is 9.47 Å². The highest BCUT2D eigenvalue weighted by molar-refractivity contribution is 5.89. The molecular formula is C17H24FN3O4. The Hall–Kier alpha value is -1.90. The zero-order valence-electron chi connectivity index (χ0n) is 14.3. The number of halogens is 1. The number of rotatable bonds is 6. The van der Waals surface area contributed by atoms with Gasteiger partial charge in [0.05, 0.1) is 12.2 Å². The number of hydrogen-bond acceptors (Lipinski definition) is 6. The van der Waals surface area contributed by atoms with Gasteiger partial charge in [0.15, 0.2) is 11.6 Å². The summed E-state index contributed by atoms with van der Waals surface area (Å²) in [5, 5.41) is 13.3. The van der Waals surface area contributed by atoms with E-state index in [1.54, 1.807) is 13.0 Å². The molecular weight excluding hydrogens is 329 g/mol. The van der Waals surface area contributed by atoms with Gasteiger partial charge >= 0.3 is 6.09 Å². The fraction of sp³-hybridized carbons (Fsp3) is 0.588. The average molecular weight is 353 g/mol. The molecule has 0 spiro atoms. The van der Waals surface area contributed by atoms with Crippen LogP contribution in [0.4, 0.5) is 14.9 Å². The Morgan fingerprint density at radius 1 is 1.44 bits per heavy atom. The smallest absolute Gasteiger partial charge is 0.414 e. The molecule has 7 nitrogen and oxygen atoms in total. The van der Waals surface area contributed by atoms with Crippen LogP contribution in [0, 0.1) is 5.82 Å². The number of ether oxygens (including phenoxy) is 2. The van der Waals surface area contributed by atoms with Gasteiger partial charge in [-0.1, -0.05) is 0 Å². The van der Waals surface area contributed by atoms with Crippen LogP contribution in [-0.2, 0) is 4.74 Å². The molecule has 25 heavy (non-hydrogen) atoms. The molecule has 2 aliphatic heterocycles. The van der Waals surface area contributed by atoms with Crippen molar-refractivity contribution >= 4 is 11.8 Å². The summed E-state index contributed by atoms with van der Waals surface area (Å²) >= 11 is 0. The Morgan fingerprint density at radius 2 is 2.20 bits per heavy atom. The van der Waals surface area contributed by atoms with Crippen LogP contribution < -0.4 is 15.0 Å². The van der Waals surface area contributed by atoms with Crippen molar-refractivity contribution < 1.29 is 23.8 Å². The number of β-amino-alcohol motifs (C(OH)–C–C–N with tert-alkyl or cyclic N) is 1. The number of carbonyl (C=O) groups is 1. The maximum atomic E-state index is 14.2. The average Bonchev–Trinajstić information content (AvgIpc) is 2.93. The van der Waals surface area contributed by atoms with Crippen molar-refractivity contribution in [2.75, 3.05) is 50.8 Å². The number of hydrogen-bond donors (Lipinski definition) is 2. The number of anilines is 1. The van der Waals surface area contributed by atoms with E-state index < -0.39 is 18.0 Å². The molecule has 2 atom stereocenters. The number of piperazine rings is 1. The van der Waals surface area contributed by atoms with Crippen LogP contribution >= 0.6 is 0 Å². The van der Waals surface area contributed by atoms with Gasteiger partial charge in [-0.15, -0.1) is 0 Å². The van der Waals surface area contributed by atoms with Gasteiger partial charge in [0.25, 0.3) is 0 Å². The maximum absolute atomic E-state index is 14.2. The molecule has 138 valence electrons. The van der Waals surface area contributed by atoms with Crippen LogP contribution in [0.2, 0.25) is 0 Å². The van der Waals surface area contributed by atoms with Crippen LogP contribution in [-0.4, -0.2) is 74.2 Å². The maximum Gasteiger partial charge on any atom is 0.414 e. The zero-order chi connectivity index (χ0) is 17.8. The van der Waals surface area contributed by atoms with Crippen molar-refractivity contribution in [3.05, 3.63) is 24.0 Å². The van der Waals surface area contributed by atoms with Crippen LogP contribution in [0.1, 0.15) is 6.92 Å². The van der Waals surface area contributed by atoms with E-state index >= 15 is 0 Å². The molecule has 0 aliphatic carbocycles. The van der Waals surface area contributed by atoms with E-state index in [9.17, 15) is 14.3 Å². The van der Waals surface area contributed by atoms with Crippen LogP contribution in [0.5, 0.6) is 5.75 Å². The van der Waals surface area contributed by atoms with Crippen LogP contribution in [0.25, 0.3) is 0 Å². The fourth-order valence-electron chi connectivity index (χ4n) is 3.02. The normalized spacial score (nSPS) is 22.8. The lowest BCUT2D eigenvalue weighted by atomic mass is 10.2. The molecule has 0 saturated carbocycles. The molecule has 8 heteroatoms. The molecule has 1 aromatic rings. The Balaban J connectivity index is 1.53. The summed E-state index contributed by atoms with van der Waals surface area (Å²) in [6, 6.07) is 4.33. The lowest BCUT2D eigenvalue weighted by Gasteiger charge is -2.29. The zero-order valence-corrected chi connectivity index (χ0v) is 14.3. The lowest BCUT2D eigenvalue weighted by molar-refractivity contribution is 0.0628. The Morgan fingerprint density at radius 3 is 2.84 bits per heavy atom. The molecule has 0 aromatic heterocycles. The third-order valence-electron chi connectivity index (χ3n) is 4.30. The summed E-state index contributed by atoms with van der Waals surface area (Å²) in [6.07, 6.45) is -1.38. The molecule has 2 aliphatic rings. The Bertz CT molecular complexity index is 610. The molecule has 2 fully saturated rings. The first-order chi connectivity index (χ1) is 12.0. The van der Waals surface area contributed by atoms with Crippen molar-refractivity contribution in [2.45, 2.75) is 19.1 Å². The van der Waals surface area contributed by atoms with Gasteiger partial charge in [0, 0.05) is 38.8 Å². The van der Waals surface area contributed by atoms with Gasteiger partial charge < -0.3 is 19.9 Å². The molecule has 2 N–H and O–H groups in total. The highest BCUT2D eigenvalue weighted by Gasteiger charge is 2.29. The van der Waals surface area contributed by atoms with Gasteiger partial charge in [-0.2, -0.15) is 0 Å². The minimum absolute atomic E-state index is 0.0169. The van der Waals surface area contributed by atoms with Crippen molar-refractivity contribution in [1.82, 2.24) is 10.2 Å². The molecule has 1 amide bonds. The molecule has 0 radical (unpaired) electrons. The predicted octanol–water partition coefficient (Wildman–Crippen LogP) is 0.816. The standard InChI is InChI=1S/C17H24FN3O4/c1-12-9-21(17(23)25-12)13-2-3-16(15(18)8-13)24-11-14(22)10-20-6-4-19-5-7-20/h2-3,8,12,14,19,22H,4-7,9-11H2,1H3/t12-,14?/m0/s1. The quantitative estimate of drug-likeness (QED) is 0.789. The highest BCUT2D eigenvalue weighted by atomic mass is 19.1.